The van der Waals surface area contributed by atoms with E-state index < -0.39 is 0 Å². The van der Waals surface area contributed by atoms with Crippen LogP contribution in [0.5, 0.6) is 5.75 Å². The van der Waals surface area contributed by atoms with Crippen molar-refractivity contribution in [1.82, 2.24) is 10.7 Å². The zero-order chi connectivity index (χ0) is 15.4. The van der Waals surface area contributed by atoms with E-state index in [1.807, 2.05) is 30.3 Å². The van der Waals surface area contributed by atoms with Gasteiger partial charge >= 0.3 is 0 Å². The fraction of sp³-hybridized carbons (Fsp3) is 0.0625. The van der Waals surface area contributed by atoms with E-state index in [1.165, 1.54) is 18.3 Å². The molecule has 0 amide bonds. The van der Waals surface area contributed by atoms with Crippen LogP contribution in [0, 0.1) is 5.82 Å². The third kappa shape index (κ3) is 3.24. The van der Waals surface area contributed by atoms with Crippen molar-refractivity contribution in [3.63, 3.8) is 0 Å². The number of nitrogens with two attached hydrogens (primary N) is 1. The van der Waals surface area contributed by atoms with Gasteiger partial charge in [0.25, 0.3) is 0 Å². The molecule has 3 N–H and O–H groups in total. The van der Waals surface area contributed by atoms with Crippen molar-refractivity contribution < 1.29 is 9.13 Å². The molecule has 0 aromatic heterocycles. The number of halogens is 1. The Morgan fingerprint density at radius 3 is 2.77 bits per heavy atom. The molecule has 2 aromatic rings. The minimum absolute atomic E-state index is 0.351. The molecule has 0 saturated heterocycles. The lowest BCUT2D eigenvalue weighted by atomic mass is 10.1. The summed E-state index contributed by atoms with van der Waals surface area (Å²) in [7, 11) is 0. The number of hydrogen-bond acceptors (Lipinski definition) is 5. The minimum atomic E-state index is -0.351. The van der Waals surface area contributed by atoms with Gasteiger partial charge in [0, 0.05) is 5.56 Å². The van der Waals surface area contributed by atoms with Crippen LogP contribution in [0.4, 0.5) is 4.39 Å². The lowest BCUT2D eigenvalue weighted by molar-refractivity contribution is 0.246. The number of nitrogens with one attached hydrogen (secondary N) is 1. The van der Waals surface area contributed by atoms with Crippen LogP contribution >= 0.6 is 0 Å². The van der Waals surface area contributed by atoms with Gasteiger partial charge in [0.15, 0.2) is 0 Å². The molecule has 1 aliphatic heterocycles. The molecule has 2 aromatic carbocycles. The third-order valence-electron chi connectivity index (χ3n) is 3.14. The lowest BCUT2D eigenvalue weighted by Crippen LogP contribution is -2.39. The normalized spacial score (nSPS) is 13.5. The number of nitrogens with zero attached hydrogens (tertiary/aromatic N) is 2. The maximum absolute atomic E-state index is 13.6. The monoisotopic (exact) mass is 298 g/mol. The van der Waals surface area contributed by atoms with Crippen molar-refractivity contribution in [2.75, 3.05) is 0 Å². The SMILES string of the molecule is NN1N=CC=C(c2cc(F)ccc2OCc2ccccc2)N1. The molecule has 0 bridgehead atoms. The van der Waals surface area contributed by atoms with Crippen LogP contribution in [0.3, 0.4) is 0 Å². The summed E-state index contributed by atoms with van der Waals surface area (Å²) < 4.78 is 19.4. The van der Waals surface area contributed by atoms with Gasteiger partial charge in [-0.3, -0.25) is 5.43 Å². The molecule has 0 unspecified atom stereocenters. The van der Waals surface area contributed by atoms with Crippen molar-refractivity contribution in [3.05, 3.63) is 71.6 Å². The molecule has 3 rings (SSSR count). The number of ether oxygens (including phenoxy) is 1. The second kappa shape index (κ2) is 6.28. The van der Waals surface area contributed by atoms with Crippen LogP contribution in [-0.2, 0) is 6.61 Å². The van der Waals surface area contributed by atoms with E-state index in [2.05, 4.69) is 10.5 Å². The summed E-state index contributed by atoms with van der Waals surface area (Å²) in [4.78, 5) is 0. The van der Waals surface area contributed by atoms with Gasteiger partial charge in [0.2, 0.25) is 0 Å². The van der Waals surface area contributed by atoms with Crippen LogP contribution in [0.1, 0.15) is 11.1 Å². The summed E-state index contributed by atoms with van der Waals surface area (Å²) in [5.41, 5.74) is 5.05. The number of hydrazine groups is 2. The van der Waals surface area contributed by atoms with Crippen molar-refractivity contribution in [2.45, 2.75) is 6.61 Å². The van der Waals surface area contributed by atoms with E-state index in [0.717, 1.165) is 10.8 Å². The van der Waals surface area contributed by atoms with E-state index in [-0.39, 0.29) is 5.82 Å². The quantitative estimate of drug-likeness (QED) is 0.851. The Morgan fingerprint density at radius 1 is 1.18 bits per heavy atom. The molecule has 0 saturated carbocycles. The largest absolute Gasteiger partial charge is 0.488 e. The first-order valence-electron chi connectivity index (χ1n) is 6.75. The van der Waals surface area contributed by atoms with Gasteiger partial charge in [-0.1, -0.05) is 30.3 Å². The van der Waals surface area contributed by atoms with E-state index in [9.17, 15) is 4.39 Å². The molecule has 112 valence electrons. The average Bonchev–Trinajstić information content (AvgIpc) is 2.54. The summed E-state index contributed by atoms with van der Waals surface area (Å²) in [5.74, 6) is 5.78. The van der Waals surface area contributed by atoms with Crippen molar-refractivity contribution in [2.24, 2.45) is 10.9 Å². The van der Waals surface area contributed by atoms with Gasteiger partial charge in [-0.15, -0.1) is 10.3 Å². The molecule has 22 heavy (non-hydrogen) atoms. The first-order chi connectivity index (χ1) is 10.7. The Hall–Kier alpha value is -2.86. The summed E-state index contributed by atoms with van der Waals surface area (Å²) in [6.45, 7) is 0.396. The maximum Gasteiger partial charge on any atom is 0.129 e. The Kier molecular flexibility index (Phi) is 4.02. The highest BCUT2D eigenvalue weighted by Crippen LogP contribution is 2.27. The van der Waals surface area contributed by atoms with Crippen LogP contribution < -0.4 is 16.0 Å². The molecule has 1 heterocycles. The molecule has 0 atom stereocenters. The summed E-state index contributed by atoms with van der Waals surface area (Å²) in [6, 6.07) is 14.1. The zero-order valence-corrected chi connectivity index (χ0v) is 11.7. The van der Waals surface area contributed by atoms with Crippen LogP contribution in [-0.4, -0.2) is 11.4 Å². The number of benzene rings is 2. The van der Waals surface area contributed by atoms with E-state index in [0.29, 0.717) is 23.6 Å². The molecule has 0 aliphatic carbocycles. The summed E-state index contributed by atoms with van der Waals surface area (Å²) >= 11 is 0. The Morgan fingerprint density at radius 2 is 2.00 bits per heavy atom. The fourth-order valence-corrected chi connectivity index (χ4v) is 2.09. The zero-order valence-electron chi connectivity index (χ0n) is 11.7. The van der Waals surface area contributed by atoms with Gasteiger partial charge in [-0.2, -0.15) is 0 Å². The first kappa shape index (κ1) is 14.1. The number of allylic oxidation sites excluding steroid dienone is 1. The van der Waals surface area contributed by atoms with Crippen LogP contribution in [0.2, 0.25) is 0 Å². The number of hydrogen-bond donors (Lipinski definition) is 2. The van der Waals surface area contributed by atoms with Crippen LogP contribution in [0.25, 0.3) is 5.70 Å². The number of rotatable bonds is 4. The lowest BCUT2D eigenvalue weighted by Gasteiger charge is -2.22. The second-order valence-electron chi connectivity index (χ2n) is 4.72. The average molecular weight is 298 g/mol. The molecule has 5 nitrogen and oxygen atoms in total. The van der Waals surface area contributed by atoms with E-state index in [1.54, 1.807) is 12.1 Å². The summed E-state index contributed by atoms with van der Waals surface area (Å²) in [5, 5.41) is 4.87. The Labute approximate surface area is 127 Å². The molecule has 1 aliphatic rings. The Bertz CT molecular complexity index is 715. The predicted octanol–water partition coefficient (Wildman–Crippen LogP) is 2.43. The summed E-state index contributed by atoms with van der Waals surface area (Å²) in [6.07, 6.45) is 3.23. The van der Waals surface area contributed by atoms with Gasteiger partial charge in [0.1, 0.15) is 18.2 Å². The van der Waals surface area contributed by atoms with Gasteiger partial charge in [-0.25, -0.2) is 10.2 Å². The molecule has 0 spiro atoms. The Balaban J connectivity index is 1.85. The smallest absolute Gasteiger partial charge is 0.129 e. The third-order valence-corrected chi connectivity index (χ3v) is 3.14. The highest BCUT2D eigenvalue weighted by molar-refractivity contribution is 5.86. The van der Waals surface area contributed by atoms with Crippen molar-refractivity contribution in [1.29, 1.82) is 0 Å². The maximum atomic E-state index is 13.6. The predicted molar refractivity (Wildman–Crippen MR) is 82.8 cm³/mol. The highest BCUT2D eigenvalue weighted by atomic mass is 19.1. The molecule has 6 heteroatoms. The fourth-order valence-electron chi connectivity index (χ4n) is 2.09. The van der Waals surface area contributed by atoms with E-state index >= 15 is 0 Å². The number of hydrazone groups is 1. The van der Waals surface area contributed by atoms with Crippen molar-refractivity contribution >= 4 is 11.9 Å². The molecular weight excluding hydrogens is 283 g/mol. The van der Waals surface area contributed by atoms with Gasteiger partial charge < -0.3 is 4.74 Å². The standard InChI is InChI=1S/C16H15FN4O/c17-13-6-7-16(22-11-12-4-2-1-3-5-12)14(10-13)15-8-9-19-21(18)20-15/h1-10,20H,11,18H2. The minimum Gasteiger partial charge on any atom is -0.488 e. The molecule has 0 fully saturated rings. The second-order valence-corrected chi connectivity index (χ2v) is 4.72. The van der Waals surface area contributed by atoms with Crippen molar-refractivity contribution in [3.8, 4) is 5.75 Å². The van der Waals surface area contributed by atoms with E-state index in [4.69, 9.17) is 10.6 Å². The topological polar surface area (TPSA) is 62.9 Å². The molecule has 0 radical (unpaired) electrons. The van der Waals surface area contributed by atoms with Gasteiger partial charge in [-0.05, 0) is 29.8 Å². The van der Waals surface area contributed by atoms with Gasteiger partial charge in [0.05, 0.1) is 11.9 Å². The first-order valence-corrected chi connectivity index (χ1v) is 6.75. The van der Waals surface area contributed by atoms with Crippen LogP contribution in [0.15, 0.2) is 59.7 Å². The highest BCUT2D eigenvalue weighted by Gasteiger charge is 2.13. The molecular formula is C16H15FN4O.